The predicted molar refractivity (Wildman–Crippen MR) is 81.2 cm³/mol. The Hall–Kier alpha value is -1.09. The highest BCUT2D eigenvalue weighted by molar-refractivity contribution is 5.54. The van der Waals surface area contributed by atoms with E-state index in [1.807, 2.05) is 6.07 Å². The van der Waals surface area contributed by atoms with Crippen LogP contribution in [0.3, 0.4) is 0 Å². The van der Waals surface area contributed by atoms with Crippen LogP contribution in [0, 0.1) is 5.82 Å². The lowest BCUT2D eigenvalue weighted by Crippen LogP contribution is -2.33. The van der Waals surface area contributed by atoms with Crippen molar-refractivity contribution in [2.75, 3.05) is 18.0 Å². The van der Waals surface area contributed by atoms with Crippen molar-refractivity contribution in [1.29, 1.82) is 0 Å². The second-order valence-corrected chi connectivity index (χ2v) is 5.20. The maximum absolute atomic E-state index is 14.1. The van der Waals surface area contributed by atoms with E-state index in [1.165, 1.54) is 0 Å². The molecule has 0 aliphatic heterocycles. The van der Waals surface area contributed by atoms with Crippen LogP contribution >= 0.6 is 0 Å². The zero-order valence-electron chi connectivity index (χ0n) is 12.7. The van der Waals surface area contributed by atoms with E-state index in [0.717, 1.165) is 37.2 Å². The smallest absolute Gasteiger partial charge is 0.129 e. The molecule has 0 radical (unpaired) electrons. The van der Waals surface area contributed by atoms with Crippen molar-refractivity contribution in [2.45, 2.75) is 53.1 Å². The third-order valence-corrected chi connectivity index (χ3v) is 3.22. The number of hydrogen-bond acceptors (Lipinski definition) is 2. The van der Waals surface area contributed by atoms with Gasteiger partial charge in [0.05, 0.1) is 0 Å². The van der Waals surface area contributed by atoms with Crippen molar-refractivity contribution >= 4 is 5.69 Å². The minimum Gasteiger partial charge on any atom is -0.369 e. The zero-order valence-corrected chi connectivity index (χ0v) is 12.7. The first-order valence-electron chi connectivity index (χ1n) is 7.36. The largest absolute Gasteiger partial charge is 0.369 e. The molecule has 0 aliphatic carbocycles. The topological polar surface area (TPSA) is 15.3 Å². The fraction of sp³-hybridized carbons (Fsp3) is 0.625. The first kappa shape index (κ1) is 16.0. The molecule has 0 atom stereocenters. The average molecular weight is 266 g/mol. The summed E-state index contributed by atoms with van der Waals surface area (Å²) in [6.07, 6.45) is 2.13. The summed E-state index contributed by atoms with van der Waals surface area (Å²) >= 11 is 0. The monoisotopic (exact) mass is 266 g/mol. The molecule has 1 N–H and O–H groups in total. The molecule has 0 fully saturated rings. The summed E-state index contributed by atoms with van der Waals surface area (Å²) in [6.45, 7) is 11.1. The van der Waals surface area contributed by atoms with Gasteiger partial charge in [-0.1, -0.05) is 19.9 Å². The maximum Gasteiger partial charge on any atom is 0.129 e. The molecule has 0 spiro atoms. The quantitative estimate of drug-likeness (QED) is 0.717. The van der Waals surface area contributed by atoms with Crippen molar-refractivity contribution in [3.05, 3.63) is 29.6 Å². The molecule has 0 aromatic heterocycles. The summed E-state index contributed by atoms with van der Waals surface area (Å²) in [7, 11) is 0. The Morgan fingerprint density at radius 3 is 2.53 bits per heavy atom. The number of nitrogens with zero attached hydrogens (tertiary/aromatic N) is 1. The lowest BCUT2D eigenvalue weighted by Gasteiger charge is -2.31. The standard InChI is InChI=1S/C16H27FN2/c1-5-10-18-12-14-15(17)8-7-9-16(14)19(11-6-2)13(3)4/h7-9,13,18H,5-6,10-12H2,1-4H3. The summed E-state index contributed by atoms with van der Waals surface area (Å²) in [5.41, 5.74) is 1.82. The van der Waals surface area contributed by atoms with Crippen LogP contribution < -0.4 is 10.2 Å². The van der Waals surface area contributed by atoms with Crippen LogP contribution in [-0.4, -0.2) is 19.1 Å². The van der Waals surface area contributed by atoms with Gasteiger partial charge in [-0.2, -0.15) is 0 Å². The van der Waals surface area contributed by atoms with Crippen LogP contribution in [0.4, 0.5) is 10.1 Å². The van der Waals surface area contributed by atoms with Gasteiger partial charge in [0.15, 0.2) is 0 Å². The summed E-state index contributed by atoms with van der Waals surface area (Å²) in [4.78, 5) is 2.28. The number of hydrogen-bond donors (Lipinski definition) is 1. The first-order valence-corrected chi connectivity index (χ1v) is 7.36. The molecule has 108 valence electrons. The van der Waals surface area contributed by atoms with Crippen molar-refractivity contribution in [3.8, 4) is 0 Å². The van der Waals surface area contributed by atoms with Crippen LogP contribution in [0.15, 0.2) is 18.2 Å². The number of anilines is 1. The van der Waals surface area contributed by atoms with Crippen molar-refractivity contribution in [3.63, 3.8) is 0 Å². The Bertz CT molecular complexity index is 377. The molecule has 1 aromatic rings. The van der Waals surface area contributed by atoms with E-state index in [2.05, 4.69) is 37.9 Å². The van der Waals surface area contributed by atoms with Gasteiger partial charge in [-0.25, -0.2) is 4.39 Å². The minimum absolute atomic E-state index is 0.108. The van der Waals surface area contributed by atoms with Crippen LogP contribution in [0.25, 0.3) is 0 Å². The highest BCUT2D eigenvalue weighted by Gasteiger charge is 2.16. The first-order chi connectivity index (χ1) is 9.11. The van der Waals surface area contributed by atoms with E-state index in [1.54, 1.807) is 12.1 Å². The van der Waals surface area contributed by atoms with Gasteiger partial charge in [0.2, 0.25) is 0 Å². The summed E-state index contributed by atoms with van der Waals surface area (Å²) < 4.78 is 14.1. The summed E-state index contributed by atoms with van der Waals surface area (Å²) in [6, 6.07) is 5.77. The number of benzene rings is 1. The molecule has 0 heterocycles. The molecule has 0 saturated carbocycles. The van der Waals surface area contributed by atoms with Crippen molar-refractivity contribution < 1.29 is 4.39 Å². The predicted octanol–water partition coefficient (Wildman–Crippen LogP) is 3.95. The molecule has 1 aromatic carbocycles. The maximum atomic E-state index is 14.1. The van der Waals surface area contributed by atoms with E-state index >= 15 is 0 Å². The van der Waals surface area contributed by atoms with Gasteiger partial charge >= 0.3 is 0 Å². The third kappa shape index (κ3) is 4.50. The molecule has 19 heavy (non-hydrogen) atoms. The Morgan fingerprint density at radius 1 is 1.21 bits per heavy atom. The van der Waals surface area contributed by atoms with Crippen molar-refractivity contribution in [2.24, 2.45) is 0 Å². The molecule has 0 aliphatic rings. The van der Waals surface area contributed by atoms with E-state index < -0.39 is 0 Å². The second kappa shape index (κ2) is 8.16. The molecule has 0 amide bonds. The minimum atomic E-state index is -0.108. The Kier molecular flexibility index (Phi) is 6.85. The number of halogens is 1. The molecule has 3 heteroatoms. The van der Waals surface area contributed by atoms with Gasteiger partial charge in [0.25, 0.3) is 0 Å². The molecule has 1 rings (SSSR count). The lowest BCUT2D eigenvalue weighted by atomic mass is 10.1. The van der Waals surface area contributed by atoms with Crippen LogP contribution in [0.5, 0.6) is 0 Å². The van der Waals surface area contributed by atoms with Crippen molar-refractivity contribution in [1.82, 2.24) is 5.32 Å². The van der Waals surface area contributed by atoms with E-state index in [-0.39, 0.29) is 5.82 Å². The molecule has 2 nitrogen and oxygen atoms in total. The molecule has 0 unspecified atom stereocenters. The highest BCUT2D eigenvalue weighted by Crippen LogP contribution is 2.25. The summed E-state index contributed by atoms with van der Waals surface area (Å²) in [5, 5.41) is 3.30. The van der Waals surface area contributed by atoms with Gasteiger partial charge < -0.3 is 10.2 Å². The lowest BCUT2D eigenvalue weighted by molar-refractivity contribution is 0.579. The Balaban J connectivity index is 2.99. The average Bonchev–Trinajstić information content (AvgIpc) is 2.38. The third-order valence-electron chi connectivity index (χ3n) is 3.22. The van der Waals surface area contributed by atoms with E-state index in [0.29, 0.717) is 12.6 Å². The number of nitrogens with one attached hydrogen (secondary N) is 1. The summed E-state index contributed by atoms with van der Waals surface area (Å²) in [5.74, 6) is -0.108. The molecule has 0 saturated heterocycles. The van der Waals surface area contributed by atoms with Crippen LogP contribution in [0.1, 0.15) is 46.1 Å². The normalized spacial score (nSPS) is 11.1. The molecular weight excluding hydrogens is 239 g/mol. The second-order valence-electron chi connectivity index (χ2n) is 5.20. The van der Waals surface area contributed by atoms with Gasteiger partial charge in [0, 0.05) is 30.4 Å². The van der Waals surface area contributed by atoms with E-state index in [4.69, 9.17) is 0 Å². The van der Waals surface area contributed by atoms with Gasteiger partial charge in [-0.15, -0.1) is 0 Å². The van der Waals surface area contributed by atoms with Gasteiger partial charge in [-0.3, -0.25) is 0 Å². The van der Waals surface area contributed by atoms with Crippen LogP contribution in [-0.2, 0) is 6.54 Å². The Morgan fingerprint density at radius 2 is 1.95 bits per heavy atom. The fourth-order valence-corrected chi connectivity index (χ4v) is 2.28. The zero-order chi connectivity index (χ0) is 14.3. The van der Waals surface area contributed by atoms with Gasteiger partial charge in [0.1, 0.15) is 5.82 Å². The van der Waals surface area contributed by atoms with Crippen LogP contribution in [0.2, 0.25) is 0 Å². The number of rotatable bonds is 8. The van der Waals surface area contributed by atoms with E-state index in [9.17, 15) is 4.39 Å². The molecule has 0 bridgehead atoms. The fourth-order valence-electron chi connectivity index (χ4n) is 2.28. The van der Waals surface area contributed by atoms with Gasteiger partial charge in [-0.05, 0) is 45.4 Å². The highest BCUT2D eigenvalue weighted by atomic mass is 19.1. The molecular formula is C16H27FN2. The SMILES string of the molecule is CCCNCc1c(F)cccc1N(CCC)C(C)C. The Labute approximate surface area is 117 Å².